The van der Waals surface area contributed by atoms with Gasteiger partial charge in [-0.1, -0.05) is 0 Å². The smallest absolute Gasteiger partial charge is 0.155 e. The maximum Gasteiger partial charge on any atom is 0.155 e. The third kappa shape index (κ3) is 2.92. The van der Waals surface area contributed by atoms with E-state index in [-0.39, 0.29) is 11.6 Å². The highest BCUT2D eigenvalue weighted by Crippen LogP contribution is 2.56. The van der Waals surface area contributed by atoms with Gasteiger partial charge in [0.25, 0.3) is 0 Å². The minimum Gasteiger partial charge on any atom is -0.393 e. The summed E-state index contributed by atoms with van der Waals surface area (Å²) >= 11 is 0. The molecule has 1 atom stereocenters. The van der Waals surface area contributed by atoms with Gasteiger partial charge in [0.2, 0.25) is 0 Å². The first kappa shape index (κ1) is 15.9. The van der Waals surface area contributed by atoms with Crippen LogP contribution in [0.4, 0.5) is 17.3 Å². The number of nitrogen functional groups attached to an aromatic ring is 1. The van der Waals surface area contributed by atoms with Crippen LogP contribution in [0.15, 0.2) is 6.33 Å². The summed E-state index contributed by atoms with van der Waals surface area (Å²) in [4.78, 5) is 8.76. The van der Waals surface area contributed by atoms with Gasteiger partial charge >= 0.3 is 0 Å². The summed E-state index contributed by atoms with van der Waals surface area (Å²) in [5.41, 5.74) is 7.19. The molecule has 1 aromatic rings. The van der Waals surface area contributed by atoms with Crippen LogP contribution in [0.1, 0.15) is 45.4 Å². The second-order valence-corrected chi connectivity index (χ2v) is 8.31. The average molecular weight is 331 g/mol. The number of methoxy groups -OCH3 is 1. The zero-order valence-electron chi connectivity index (χ0n) is 14.7. The highest BCUT2D eigenvalue weighted by Gasteiger charge is 2.51. The Morgan fingerprint density at radius 3 is 2.33 bits per heavy atom. The molecule has 6 nitrogen and oxygen atoms in total. The van der Waals surface area contributed by atoms with Crippen molar-refractivity contribution in [3.63, 3.8) is 0 Å². The van der Waals surface area contributed by atoms with Gasteiger partial charge in [0.1, 0.15) is 12.0 Å². The van der Waals surface area contributed by atoms with Crippen LogP contribution in [0.5, 0.6) is 0 Å². The number of anilines is 3. The first-order chi connectivity index (χ1) is 11.6. The van der Waals surface area contributed by atoms with Crippen molar-refractivity contribution in [2.75, 3.05) is 30.1 Å². The molecule has 4 fully saturated rings. The van der Waals surface area contributed by atoms with Crippen LogP contribution >= 0.6 is 0 Å². The molecule has 0 radical (unpaired) electrons. The van der Waals surface area contributed by atoms with Gasteiger partial charge in [0.05, 0.1) is 6.61 Å². The van der Waals surface area contributed by atoms with E-state index in [0.29, 0.717) is 18.1 Å². The Hall–Kier alpha value is -1.56. The van der Waals surface area contributed by atoms with E-state index in [0.717, 1.165) is 23.6 Å². The molecule has 0 aromatic carbocycles. The van der Waals surface area contributed by atoms with Gasteiger partial charge in [-0.15, -0.1) is 0 Å². The van der Waals surface area contributed by atoms with Gasteiger partial charge < -0.3 is 21.1 Å². The Kier molecular flexibility index (Phi) is 4.03. The molecule has 1 heterocycles. The topological polar surface area (TPSA) is 85.1 Å². The highest BCUT2D eigenvalue weighted by atomic mass is 16.5. The molecule has 4 saturated carbocycles. The molecular formula is C18H29N5O. The molecule has 0 saturated heterocycles. The fourth-order valence-electron chi connectivity index (χ4n) is 5.65. The minimum absolute atomic E-state index is 0.152. The number of hydrogen-bond acceptors (Lipinski definition) is 6. The van der Waals surface area contributed by atoms with E-state index in [1.165, 1.54) is 38.5 Å². The lowest BCUT2D eigenvalue weighted by Gasteiger charge is -2.57. The van der Waals surface area contributed by atoms with Crippen molar-refractivity contribution in [3.8, 4) is 0 Å². The first-order valence-corrected chi connectivity index (χ1v) is 9.21. The van der Waals surface area contributed by atoms with E-state index in [2.05, 4.69) is 27.5 Å². The van der Waals surface area contributed by atoms with Crippen molar-refractivity contribution in [3.05, 3.63) is 6.33 Å². The molecular weight excluding hydrogens is 302 g/mol. The van der Waals surface area contributed by atoms with Crippen molar-refractivity contribution in [1.82, 2.24) is 9.97 Å². The molecule has 4 N–H and O–H groups in total. The predicted molar refractivity (Wildman–Crippen MR) is 95.9 cm³/mol. The summed E-state index contributed by atoms with van der Waals surface area (Å²) < 4.78 is 5.17. The summed E-state index contributed by atoms with van der Waals surface area (Å²) in [5.74, 6) is 4.17. The van der Waals surface area contributed by atoms with Crippen LogP contribution in [-0.2, 0) is 4.74 Å². The molecule has 1 aromatic heterocycles. The second kappa shape index (κ2) is 6.06. The van der Waals surface area contributed by atoms with Gasteiger partial charge in [-0.05, 0) is 63.2 Å². The quantitative estimate of drug-likeness (QED) is 0.743. The third-order valence-electron chi connectivity index (χ3n) is 6.11. The van der Waals surface area contributed by atoms with Crippen molar-refractivity contribution >= 4 is 17.3 Å². The molecule has 1 unspecified atom stereocenters. The standard InChI is InChI=1S/C18H29N5O/c1-11(9-24-2)22-16-15(19)17(21-10-20-16)23-18-6-12-3-13(7-18)5-14(4-12)8-18/h10-14H,3-9,19H2,1-2H3,(H2,20,21,22,23). The van der Waals surface area contributed by atoms with Crippen LogP contribution in [0, 0.1) is 17.8 Å². The number of rotatable bonds is 6. The van der Waals surface area contributed by atoms with E-state index in [1.54, 1.807) is 13.4 Å². The van der Waals surface area contributed by atoms with Gasteiger partial charge in [-0.2, -0.15) is 0 Å². The van der Waals surface area contributed by atoms with Crippen LogP contribution in [0.3, 0.4) is 0 Å². The Morgan fingerprint density at radius 1 is 1.17 bits per heavy atom. The van der Waals surface area contributed by atoms with Crippen molar-refractivity contribution in [1.29, 1.82) is 0 Å². The normalized spacial score (nSPS) is 35.0. The minimum atomic E-state index is 0.152. The monoisotopic (exact) mass is 331 g/mol. The summed E-state index contributed by atoms with van der Waals surface area (Å²) in [5, 5.41) is 7.07. The third-order valence-corrected chi connectivity index (χ3v) is 6.11. The molecule has 4 aliphatic rings. The Morgan fingerprint density at radius 2 is 1.75 bits per heavy atom. The van der Waals surface area contributed by atoms with Crippen LogP contribution < -0.4 is 16.4 Å². The lowest BCUT2D eigenvalue weighted by atomic mass is 9.53. The molecule has 4 bridgehead atoms. The summed E-state index contributed by atoms with van der Waals surface area (Å²) in [6.45, 7) is 2.67. The molecule has 0 aliphatic heterocycles. The number of ether oxygens (including phenoxy) is 1. The lowest BCUT2D eigenvalue weighted by Crippen LogP contribution is -2.55. The maximum atomic E-state index is 6.37. The SMILES string of the molecule is COCC(C)Nc1ncnc(NC23CC4CC(CC(C4)C2)C3)c1N. The highest BCUT2D eigenvalue weighted by molar-refractivity contribution is 5.74. The number of nitrogens with two attached hydrogens (primary N) is 1. The fourth-order valence-corrected chi connectivity index (χ4v) is 5.65. The number of nitrogens with one attached hydrogen (secondary N) is 2. The van der Waals surface area contributed by atoms with Gasteiger partial charge in [0, 0.05) is 18.7 Å². The van der Waals surface area contributed by atoms with E-state index < -0.39 is 0 Å². The molecule has 132 valence electrons. The lowest BCUT2D eigenvalue weighted by molar-refractivity contribution is 0.0106. The zero-order chi connectivity index (χ0) is 16.7. The van der Waals surface area contributed by atoms with E-state index in [9.17, 15) is 0 Å². The maximum absolute atomic E-state index is 6.37. The Bertz CT molecular complexity index is 570. The van der Waals surface area contributed by atoms with Gasteiger partial charge in [-0.3, -0.25) is 0 Å². The second-order valence-electron chi connectivity index (χ2n) is 8.31. The molecule has 5 rings (SSSR count). The van der Waals surface area contributed by atoms with Crippen LogP contribution in [0.2, 0.25) is 0 Å². The Labute approximate surface area is 144 Å². The van der Waals surface area contributed by atoms with Crippen molar-refractivity contribution in [2.24, 2.45) is 17.8 Å². The van der Waals surface area contributed by atoms with Gasteiger partial charge in [0.15, 0.2) is 11.6 Å². The Balaban J connectivity index is 1.52. The van der Waals surface area contributed by atoms with Gasteiger partial charge in [-0.25, -0.2) is 9.97 Å². The fraction of sp³-hybridized carbons (Fsp3) is 0.778. The summed E-state index contributed by atoms with van der Waals surface area (Å²) in [6.07, 6.45) is 9.70. The number of aromatic nitrogens is 2. The number of nitrogens with zero attached hydrogens (tertiary/aromatic N) is 2. The van der Waals surface area contributed by atoms with E-state index in [1.807, 2.05) is 0 Å². The van der Waals surface area contributed by atoms with Crippen molar-refractivity contribution in [2.45, 2.75) is 57.0 Å². The molecule has 24 heavy (non-hydrogen) atoms. The molecule has 0 spiro atoms. The van der Waals surface area contributed by atoms with Crippen LogP contribution in [0.25, 0.3) is 0 Å². The summed E-state index contributed by atoms with van der Waals surface area (Å²) in [7, 11) is 1.70. The van der Waals surface area contributed by atoms with Crippen LogP contribution in [-0.4, -0.2) is 35.3 Å². The van der Waals surface area contributed by atoms with Crippen molar-refractivity contribution < 1.29 is 4.74 Å². The molecule has 0 amide bonds. The summed E-state index contributed by atoms with van der Waals surface area (Å²) in [6, 6.07) is 0.152. The first-order valence-electron chi connectivity index (χ1n) is 9.21. The van der Waals surface area contributed by atoms with E-state index >= 15 is 0 Å². The average Bonchev–Trinajstić information content (AvgIpc) is 2.50. The predicted octanol–water partition coefficient (Wildman–Crippen LogP) is 2.89. The van der Waals surface area contributed by atoms with E-state index in [4.69, 9.17) is 10.5 Å². The zero-order valence-corrected chi connectivity index (χ0v) is 14.7. The molecule has 6 heteroatoms. The largest absolute Gasteiger partial charge is 0.393 e. The molecule has 4 aliphatic carbocycles. The number of hydrogen-bond donors (Lipinski definition) is 3.